The van der Waals surface area contributed by atoms with Gasteiger partial charge in [-0.2, -0.15) is 0 Å². The molecule has 3 aromatic carbocycles. The number of halogens is 1. The molecular formula is C30H35ClN2O2S. The van der Waals surface area contributed by atoms with Gasteiger partial charge in [0.1, 0.15) is 6.04 Å². The fourth-order valence-electron chi connectivity index (χ4n) is 3.86. The molecule has 0 fully saturated rings. The first kappa shape index (κ1) is 27.8. The topological polar surface area (TPSA) is 49.4 Å². The van der Waals surface area contributed by atoms with Gasteiger partial charge in [0, 0.05) is 29.3 Å². The highest BCUT2D eigenvalue weighted by Gasteiger charge is 2.32. The molecule has 36 heavy (non-hydrogen) atoms. The molecule has 0 unspecified atom stereocenters. The van der Waals surface area contributed by atoms with Gasteiger partial charge in [-0.05, 0) is 56.5 Å². The van der Waals surface area contributed by atoms with Crippen molar-refractivity contribution in [3.63, 3.8) is 0 Å². The summed E-state index contributed by atoms with van der Waals surface area (Å²) in [5.74, 6) is 0.730. The van der Waals surface area contributed by atoms with Crippen molar-refractivity contribution < 1.29 is 9.59 Å². The van der Waals surface area contributed by atoms with Gasteiger partial charge in [-0.3, -0.25) is 9.59 Å². The van der Waals surface area contributed by atoms with Gasteiger partial charge in [0.15, 0.2) is 0 Å². The summed E-state index contributed by atoms with van der Waals surface area (Å²) in [6.45, 7) is 8.27. The van der Waals surface area contributed by atoms with Crippen molar-refractivity contribution in [2.75, 3.05) is 5.75 Å². The third kappa shape index (κ3) is 9.03. The predicted octanol–water partition coefficient (Wildman–Crippen LogP) is 6.44. The Balaban J connectivity index is 1.86. The first-order valence-corrected chi connectivity index (χ1v) is 13.7. The van der Waals surface area contributed by atoms with Gasteiger partial charge in [-0.25, -0.2) is 0 Å². The van der Waals surface area contributed by atoms with Crippen molar-refractivity contribution >= 4 is 35.2 Å². The van der Waals surface area contributed by atoms with Crippen molar-refractivity contribution in [3.05, 3.63) is 106 Å². The highest BCUT2D eigenvalue weighted by molar-refractivity contribution is 7.99. The molecule has 0 aliphatic rings. The van der Waals surface area contributed by atoms with Gasteiger partial charge >= 0.3 is 0 Å². The Morgan fingerprint density at radius 2 is 1.58 bits per heavy atom. The van der Waals surface area contributed by atoms with Crippen LogP contribution in [0.25, 0.3) is 0 Å². The summed E-state index contributed by atoms with van der Waals surface area (Å²) >= 11 is 7.65. The van der Waals surface area contributed by atoms with Crippen LogP contribution in [0, 0.1) is 6.92 Å². The molecule has 0 heterocycles. The fraction of sp³-hybridized carbons (Fsp3) is 0.333. The minimum absolute atomic E-state index is 0.0624. The van der Waals surface area contributed by atoms with E-state index in [2.05, 4.69) is 5.32 Å². The van der Waals surface area contributed by atoms with E-state index < -0.39 is 11.6 Å². The maximum absolute atomic E-state index is 13.7. The van der Waals surface area contributed by atoms with Crippen molar-refractivity contribution in [1.29, 1.82) is 0 Å². The molecule has 6 heteroatoms. The van der Waals surface area contributed by atoms with Crippen LogP contribution in [-0.4, -0.2) is 34.0 Å². The molecule has 1 N–H and O–H groups in total. The largest absolute Gasteiger partial charge is 0.350 e. The summed E-state index contributed by atoms with van der Waals surface area (Å²) < 4.78 is 0. The van der Waals surface area contributed by atoms with Gasteiger partial charge in [0.25, 0.3) is 0 Å². The van der Waals surface area contributed by atoms with E-state index in [1.807, 2.05) is 107 Å². The lowest BCUT2D eigenvalue weighted by Crippen LogP contribution is -2.54. The second-order valence-electron chi connectivity index (χ2n) is 10.1. The van der Waals surface area contributed by atoms with Gasteiger partial charge in [-0.1, -0.05) is 83.9 Å². The van der Waals surface area contributed by atoms with Crippen LogP contribution < -0.4 is 5.32 Å². The zero-order valence-electron chi connectivity index (χ0n) is 21.5. The van der Waals surface area contributed by atoms with E-state index in [9.17, 15) is 9.59 Å². The first-order chi connectivity index (χ1) is 17.1. The Kier molecular flexibility index (Phi) is 10.0. The lowest BCUT2D eigenvalue weighted by molar-refractivity contribution is -0.140. The van der Waals surface area contributed by atoms with Crippen LogP contribution in [-0.2, 0) is 28.3 Å². The van der Waals surface area contributed by atoms with Gasteiger partial charge in [0.05, 0.1) is 5.75 Å². The number of aryl methyl sites for hydroxylation is 1. The van der Waals surface area contributed by atoms with Crippen molar-refractivity contribution in [2.24, 2.45) is 0 Å². The number of carbonyl (C=O) groups is 2. The molecule has 190 valence electrons. The molecule has 0 radical (unpaired) electrons. The monoisotopic (exact) mass is 522 g/mol. The Bertz CT molecular complexity index is 1140. The van der Waals surface area contributed by atoms with E-state index >= 15 is 0 Å². The summed E-state index contributed by atoms with van der Waals surface area (Å²) in [6, 6.07) is 25.0. The third-order valence-electron chi connectivity index (χ3n) is 5.63. The highest BCUT2D eigenvalue weighted by Crippen LogP contribution is 2.20. The Morgan fingerprint density at radius 3 is 2.22 bits per heavy atom. The van der Waals surface area contributed by atoms with Gasteiger partial charge in [-0.15, -0.1) is 11.8 Å². The summed E-state index contributed by atoms with van der Waals surface area (Å²) in [5.41, 5.74) is 3.82. The van der Waals surface area contributed by atoms with E-state index in [4.69, 9.17) is 11.6 Å². The molecule has 1 atom stereocenters. The number of rotatable bonds is 10. The molecule has 3 aromatic rings. The minimum Gasteiger partial charge on any atom is -0.350 e. The first-order valence-electron chi connectivity index (χ1n) is 12.1. The number of nitrogens with zero attached hydrogens (tertiary/aromatic N) is 1. The molecule has 0 saturated heterocycles. The molecule has 0 bridgehead atoms. The number of amides is 2. The van der Waals surface area contributed by atoms with E-state index in [0.29, 0.717) is 23.7 Å². The number of hydrogen-bond acceptors (Lipinski definition) is 3. The average molecular weight is 523 g/mol. The number of benzene rings is 3. The van der Waals surface area contributed by atoms with Gasteiger partial charge < -0.3 is 10.2 Å². The SMILES string of the molecule is Cc1ccc(CN(C(=O)CSCc2cccc(Cl)c2)[C@H](Cc2ccccc2)C(=O)NC(C)(C)C)cc1. The average Bonchev–Trinajstić information content (AvgIpc) is 2.82. The summed E-state index contributed by atoms with van der Waals surface area (Å²) in [5, 5.41) is 3.79. The molecule has 0 aliphatic heterocycles. The number of nitrogens with one attached hydrogen (secondary N) is 1. The summed E-state index contributed by atoms with van der Waals surface area (Å²) in [4.78, 5) is 29.0. The molecule has 2 amide bonds. The van der Waals surface area contributed by atoms with Gasteiger partial charge in [0.2, 0.25) is 11.8 Å². The molecule has 3 rings (SSSR count). The number of carbonyl (C=O) groups excluding carboxylic acids is 2. The Morgan fingerprint density at radius 1 is 0.917 bits per heavy atom. The van der Waals surface area contributed by atoms with Crippen LogP contribution in [0.15, 0.2) is 78.9 Å². The zero-order chi connectivity index (χ0) is 26.1. The normalized spacial score (nSPS) is 12.1. The zero-order valence-corrected chi connectivity index (χ0v) is 23.0. The van der Waals surface area contributed by atoms with Crippen molar-refractivity contribution in [3.8, 4) is 0 Å². The van der Waals surface area contributed by atoms with Crippen LogP contribution in [0.5, 0.6) is 0 Å². The molecule has 0 saturated carbocycles. The molecular weight excluding hydrogens is 488 g/mol. The predicted molar refractivity (Wildman–Crippen MR) is 151 cm³/mol. The van der Waals surface area contributed by atoms with Crippen LogP contribution in [0.2, 0.25) is 5.02 Å². The smallest absolute Gasteiger partial charge is 0.243 e. The highest BCUT2D eigenvalue weighted by atomic mass is 35.5. The summed E-state index contributed by atoms with van der Waals surface area (Å²) in [7, 11) is 0. The summed E-state index contributed by atoms with van der Waals surface area (Å²) in [6.07, 6.45) is 0.444. The molecule has 4 nitrogen and oxygen atoms in total. The van der Waals surface area contributed by atoms with E-state index in [0.717, 1.165) is 22.3 Å². The number of hydrogen-bond donors (Lipinski definition) is 1. The fourth-order valence-corrected chi connectivity index (χ4v) is 4.93. The second-order valence-corrected chi connectivity index (χ2v) is 11.5. The van der Waals surface area contributed by atoms with Crippen molar-refractivity contribution in [2.45, 2.75) is 58.0 Å². The van der Waals surface area contributed by atoms with E-state index in [1.54, 1.807) is 4.90 Å². The molecule has 0 aliphatic carbocycles. The van der Waals surface area contributed by atoms with Crippen LogP contribution in [0.1, 0.15) is 43.0 Å². The number of thioether (sulfide) groups is 1. The molecule has 0 spiro atoms. The maximum atomic E-state index is 13.7. The van der Waals surface area contributed by atoms with Crippen LogP contribution >= 0.6 is 23.4 Å². The van der Waals surface area contributed by atoms with Crippen LogP contribution in [0.4, 0.5) is 0 Å². The minimum atomic E-state index is -0.632. The quantitative estimate of drug-likeness (QED) is 0.333. The molecule has 0 aromatic heterocycles. The standard InChI is InChI=1S/C30H35ClN2O2S/c1-22-13-15-24(16-14-22)19-33(28(34)21-36-20-25-11-8-12-26(31)17-25)27(29(35)32-30(2,3)4)18-23-9-6-5-7-10-23/h5-17,27H,18-21H2,1-4H3,(H,32,35)/t27-/m1/s1. The van der Waals surface area contributed by atoms with E-state index in [-0.39, 0.29) is 17.6 Å². The lowest BCUT2D eigenvalue weighted by Gasteiger charge is -2.34. The van der Waals surface area contributed by atoms with Crippen LogP contribution in [0.3, 0.4) is 0 Å². The lowest BCUT2D eigenvalue weighted by atomic mass is 10.0. The second kappa shape index (κ2) is 13.0. The maximum Gasteiger partial charge on any atom is 0.243 e. The Labute approximate surface area is 224 Å². The Hall–Kier alpha value is -2.76. The third-order valence-corrected chi connectivity index (χ3v) is 6.85. The van der Waals surface area contributed by atoms with Crippen molar-refractivity contribution in [1.82, 2.24) is 10.2 Å². The van der Waals surface area contributed by atoms with E-state index in [1.165, 1.54) is 11.8 Å².